The van der Waals surface area contributed by atoms with Gasteiger partial charge in [-0.05, 0) is 30.8 Å². The van der Waals surface area contributed by atoms with Crippen molar-refractivity contribution in [1.29, 1.82) is 0 Å². The molecule has 2 N–H and O–H groups in total. The van der Waals surface area contributed by atoms with Gasteiger partial charge in [0.25, 0.3) is 0 Å². The average Bonchev–Trinajstić information content (AvgIpc) is 3.03. The standard InChI is InChI=1S/C21H27F3N4O5S/c1-32-18(30)12-16(19(31)33-2)26-20(34)28-9-5-8-27(10-11-28)13-17(29)25-15-7-4-3-6-14(15)21(22,23)24/h3-4,6-7,16H,5,8-13H2,1-2H3,(H,25,29)(H,26,34). The largest absolute Gasteiger partial charge is 0.469 e. The van der Waals surface area contributed by atoms with Crippen LogP contribution in [0, 0.1) is 0 Å². The SMILES string of the molecule is COC(=O)CC(NC(=S)N1CCCN(CC(=O)Nc2ccccc2C(F)(F)F)CC1)C(=O)OC. The number of amides is 1. The Bertz CT molecular complexity index is 899. The molecule has 188 valence electrons. The van der Waals surface area contributed by atoms with Crippen molar-refractivity contribution in [2.45, 2.75) is 25.1 Å². The van der Waals surface area contributed by atoms with Crippen LogP contribution in [0.4, 0.5) is 18.9 Å². The van der Waals surface area contributed by atoms with Crippen LogP contribution in [0.15, 0.2) is 24.3 Å². The predicted molar refractivity (Wildman–Crippen MR) is 121 cm³/mol. The van der Waals surface area contributed by atoms with E-state index in [2.05, 4.69) is 15.4 Å². The van der Waals surface area contributed by atoms with Crippen LogP contribution in [0.3, 0.4) is 0 Å². The smallest absolute Gasteiger partial charge is 0.418 e. The normalized spacial score (nSPS) is 15.6. The summed E-state index contributed by atoms with van der Waals surface area (Å²) in [4.78, 5) is 39.5. The molecule has 9 nitrogen and oxygen atoms in total. The van der Waals surface area contributed by atoms with Gasteiger partial charge in [0.1, 0.15) is 6.04 Å². The molecule has 0 bridgehead atoms. The van der Waals surface area contributed by atoms with Gasteiger partial charge in [-0.15, -0.1) is 0 Å². The van der Waals surface area contributed by atoms with Crippen molar-refractivity contribution in [3.8, 4) is 0 Å². The average molecular weight is 505 g/mol. The Labute approximate surface area is 200 Å². The van der Waals surface area contributed by atoms with E-state index in [1.165, 1.54) is 32.4 Å². The second-order valence-corrected chi connectivity index (χ2v) is 7.90. The number of hydrogen-bond acceptors (Lipinski definition) is 7. The Morgan fingerprint density at radius 2 is 1.79 bits per heavy atom. The molecular formula is C21H27F3N4O5S. The molecule has 1 aliphatic rings. The number of anilines is 1. The highest BCUT2D eigenvalue weighted by atomic mass is 32.1. The van der Waals surface area contributed by atoms with Gasteiger partial charge in [-0.2, -0.15) is 13.2 Å². The molecule has 1 aliphatic heterocycles. The molecule has 2 rings (SSSR count). The fourth-order valence-corrected chi connectivity index (χ4v) is 3.71. The van der Waals surface area contributed by atoms with Crippen molar-refractivity contribution in [1.82, 2.24) is 15.1 Å². The third kappa shape index (κ3) is 8.13. The van der Waals surface area contributed by atoms with Gasteiger partial charge < -0.3 is 25.0 Å². The molecule has 1 aromatic carbocycles. The number of thiocarbonyl (C=S) groups is 1. The summed E-state index contributed by atoms with van der Waals surface area (Å²) in [6, 6.07) is 3.79. The number of halogens is 3. The number of ether oxygens (including phenoxy) is 2. The lowest BCUT2D eigenvalue weighted by Gasteiger charge is -2.27. The Balaban J connectivity index is 1.92. The molecule has 34 heavy (non-hydrogen) atoms. The second kappa shape index (κ2) is 12.5. The molecule has 1 aromatic rings. The first-order valence-electron chi connectivity index (χ1n) is 10.4. The number of hydrogen-bond donors (Lipinski definition) is 2. The zero-order valence-electron chi connectivity index (χ0n) is 18.8. The summed E-state index contributed by atoms with van der Waals surface area (Å²) in [5.41, 5.74) is -1.20. The van der Waals surface area contributed by atoms with Crippen molar-refractivity contribution in [3.05, 3.63) is 29.8 Å². The zero-order chi connectivity index (χ0) is 25.3. The highest BCUT2D eigenvalue weighted by Crippen LogP contribution is 2.34. The minimum absolute atomic E-state index is 0.0899. The van der Waals surface area contributed by atoms with E-state index in [1.807, 2.05) is 0 Å². The molecule has 1 fully saturated rings. The summed E-state index contributed by atoms with van der Waals surface area (Å²) < 4.78 is 48.7. The van der Waals surface area contributed by atoms with E-state index in [0.717, 1.165) is 6.07 Å². The van der Waals surface area contributed by atoms with Gasteiger partial charge in [0.05, 0.1) is 38.4 Å². The second-order valence-electron chi connectivity index (χ2n) is 7.51. The fraction of sp³-hybridized carbons (Fsp3) is 0.524. The number of esters is 2. The number of alkyl halides is 3. The number of benzene rings is 1. The predicted octanol–water partition coefficient (Wildman–Crippen LogP) is 1.63. The summed E-state index contributed by atoms with van der Waals surface area (Å²) in [7, 11) is 2.40. The maximum atomic E-state index is 13.1. The van der Waals surface area contributed by atoms with Gasteiger partial charge in [0.15, 0.2) is 5.11 Å². The molecule has 1 saturated heterocycles. The van der Waals surface area contributed by atoms with E-state index in [-0.39, 0.29) is 23.8 Å². The molecular weight excluding hydrogens is 477 g/mol. The molecule has 1 heterocycles. The Hall–Kier alpha value is -2.93. The van der Waals surface area contributed by atoms with Crippen LogP contribution in [-0.4, -0.2) is 85.7 Å². The van der Waals surface area contributed by atoms with Crippen LogP contribution < -0.4 is 10.6 Å². The van der Waals surface area contributed by atoms with Crippen LogP contribution in [-0.2, 0) is 30.0 Å². The summed E-state index contributed by atoms with van der Waals surface area (Å²) in [6.45, 7) is 1.77. The van der Waals surface area contributed by atoms with E-state index < -0.39 is 35.6 Å². The summed E-state index contributed by atoms with van der Waals surface area (Å²) in [5, 5.41) is 5.40. The monoisotopic (exact) mass is 504 g/mol. The maximum Gasteiger partial charge on any atom is 0.418 e. The van der Waals surface area contributed by atoms with Crippen LogP contribution in [0.5, 0.6) is 0 Å². The number of rotatable bonds is 7. The molecule has 13 heteroatoms. The maximum absolute atomic E-state index is 13.1. The number of methoxy groups -OCH3 is 2. The first-order chi connectivity index (χ1) is 16.0. The van der Waals surface area contributed by atoms with E-state index in [4.69, 9.17) is 17.0 Å². The van der Waals surface area contributed by atoms with Gasteiger partial charge in [0.2, 0.25) is 5.91 Å². The Morgan fingerprint density at radius 3 is 2.44 bits per heavy atom. The van der Waals surface area contributed by atoms with Crippen LogP contribution in [0.1, 0.15) is 18.4 Å². The van der Waals surface area contributed by atoms with Crippen LogP contribution in [0.2, 0.25) is 0 Å². The fourth-order valence-electron chi connectivity index (χ4n) is 3.39. The number of para-hydroxylation sites is 1. The minimum atomic E-state index is -4.58. The summed E-state index contributed by atoms with van der Waals surface area (Å²) in [6.07, 6.45) is -4.22. The van der Waals surface area contributed by atoms with Crippen molar-refractivity contribution in [3.63, 3.8) is 0 Å². The van der Waals surface area contributed by atoms with E-state index in [1.54, 1.807) is 9.80 Å². The minimum Gasteiger partial charge on any atom is -0.469 e. The Kier molecular flexibility index (Phi) is 10.1. The van der Waals surface area contributed by atoms with Crippen molar-refractivity contribution in [2.75, 3.05) is 52.3 Å². The van der Waals surface area contributed by atoms with Crippen molar-refractivity contribution < 1.29 is 37.0 Å². The molecule has 0 aromatic heterocycles. The third-order valence-electron chi connectivity index (χ3n) is 5.13. The lowest BCUT2D eigenvalue weighted by molar-refractivity contribution is -0.149. The first kappa shape index (κ1) is 27.3. The number of nitrogens with zero attached hydrogens (tertiary/aromatic N) is 2. The van der Waals surface area contributed by atoms with E-state index >= 15 is 0 Å². The first-order valence-corrected chi connectivity index (χ1v) is 10.8. The quantitative estimate of drug-likeness (QED) is 0.424. The lowest BCUT2D eigenvalue weighted by Crippen LogP contribution is -2.50. The van der Waals surface area contributed by atoms with Gasteiger partial charge in [-0.25, -0.2) is 4.79 Å². The van der Waals surface area contributed by atoms with Gasteiger partial charge in [-0.3, -0.25) is 14.5 Å². The Morgan fingerprint density at radius 1 is 1.09 bits per heavy atom. The molecule has 1 atom stereocenters. The van der Waals surface area contributed by atoms with Gasteiger partial charge in [-0.1, -0.05) is 12.1 Å². The zero-order valence-corrected chi connectivity index (χ0v) is 19.6. The van der Waals surface area contributed by atoms with Gasteiger partial charge in [0, 0.05) is 26.2 Å². The molecule has 0 aliphatic carbocycles. The lowest BCUT2D eigenvalue weighted by atomic mass is 10.1. The molecule has 0 radical (unpaired) electrons. The summed E-state index contributed by atoms with van der Waals surface area (Å²) >= 11 is 5.38. The highest BCUT2D eigenvalue weighted by Gasteiger charge is 2.33. The number of nitrogens with one attached hydrogen (secondary N) is 2. The van der Waals surface area contributed by atoms with Crippen molar-refractivity contribution >= 4 is 40.9 Å². The van der Waals surface area contributed by atoms with E-state index in [9.17, 15) is 27.6 Å². The molecule has 1 unspecified atom stereocenters. The highest BCUT2D eigenvalue weighted by molar-refractivity contribution is 7.80. The molecule has 1 amide bonds. The third-order valence-corrected chi connectivity index (χ3v) is 5.51. The number of carbonyl (C=O) groups is 3. The van der Waals surface area contributed by atoms with Crippen LogP contribution >= 0.6 is 12.2 Å². The van der Waals surface area contributed by atoms with Crippen molar-refractivity contribution in [2.24, 2.45) is 0 Å². The topological polar surface area (TPSA) is 100 Å². The number of carbonyl (C=O) groups excluding carboxylic acids is 3. The summed E-state index contributed by atoms with van der Waals surface area (Å²) in [5.74, 6) is -1.83. The molecule has 0 spiro atoms. The van der Waals surface area contributed by atoms with E-state index in [0.29, 0.717) is 32.6 Å². The molecule has 0 saturated carbocycles. The van der Waals surface area contributed by atoms with Crippen LogP contribution in [0.25, 0.3) is 0 Å². The van der Waals surface area contributed by atoms with Gasteiger partial charge >= 0.3 is 18.1 Å².